The maximum Gasteiger partial charge on any atom is 0.334 e. The Morgan fingerprint density at radius 3 is 2.44 bits per heavy atom. The van der Waals surface area contributed by atoms with E-state index >= 15 is 0 Å². The normalized spacial score (nSPS) is 14.7. The number of nitrogens with zero attached hydrogens (tertiary/aromatic N) is 3. The van der Waals surface area contributed by atoms with Gasteiger partial charge in [0.25, 0.3) is 0 Å². The van der Waals surface area contributed by atoms with Crippen LogP contribution in [-0.2, 0) is 16.1 Å². The fraction of sp³-hybridized carbons (Fsp3) is 0.294. The fourth-order valence-corrected chi connectivity index (χ4v) is 2.47. The van der Waals surface area contributed by atoms with Crippen LogP contribution in [0.15, 0.2) is 34.9 Å². The molecule has 4 amide bonds. The van der Waals surface area contributed by atoms with Gasteiger partial charge >= 0.3 is 17.8 Å². The minimum absolute atomic E-state index is 0.117. The molecule has 0 spiro atoms. The zero-order valence-corrected chi connectivity index (χ0v) is 13.6. The first-order valence-corrected chi connectivity index (χ1v) is 7.89. The van der Waals surface area contributed by atoms with Crippen molar-refractivity contribution in [1.82, 2.24) is 14.8 Å². The average Bonchev–Trinajstić information content (AvgIpc) is 3.14. The molecule has 8 heteroatoms. The van der Waals surface area contributed by atoms with E-state index in [9.17, 15) is 18.8 Å². The van der Waals surface area contributed by atoms with E-state index in [1.54, 1.807) is 0 Å². The van der Waals surface area contributed by atoms with Gasteiger partial charge in [0.05, 0.1) is 6.20 Å². The second-order valence-electron chi connectivity index (χ2n) is 5.61. The molecule has 1 aliphatic heterocycles. The lowest BCUT2D eigenvalue weighted by atomic mass is 10.2. The number of oxazole rings is 1. The molecular weight excluding hydrogens is 329 g/mol. The largest absolute Gasteiger partial charge is 0.439 e. The maximum atomic E-state index is 13.0. The fourth-order valence-electron chi connectivity index (χ4n) is 2.47. The molecule has 0 N–H and O–H groups in total. The quantitative estimate of drug-likeness (QED) is 0.593. The molecule has 0 bridgehead atoms. The minimum Gasteiger partial charge on any atom is -0.439 e. The number of carbonyl (C=O) groups excluding carboxylic acids is 3. The number of aromatic nitrogens is 1. The number of halogens is 1. The number of carbonyl (C=O) groups is 3. The summed E-state index contributed by atoms with van der Waals surface area (Å²) in [7, 11) is 0. The van der Waals surface area contributed by atoms with Crippen molar-refractivity contribution >= 4 is 17.8 Å². The molecule has 1 aromatic heterocycles. The van der Waals surface area contributed by atoms with Gasteiger partial charge in [-0.2, -0.15) is 0 Å². The number of unbranched alkanes of at least 4 members (excludes halogenated alkanes) is 1. The van der Waals surface area contributed by atoms with E-state index in [0.29, 0.717) is 17.7 Å². The van der Waals surface area contributed by atoms with Crippen molar-refractivity contribution in [3.8, 4) is 11.3 Å². The molecule has 1 aliphatic rings. The topological polar surface area (TPSA) is 83.7 Å². The van der Waals surface area contributed by atoms with Gasteiger partial charge in [-0.3, -0.25) is 14.5 Å². The number of amides is 4. The van der Waals surface area contributed by atoms with Gasteiger partial charge in [0.15, 0.2) is 5.76 Å². The van der Waals surface area contributed by atoms with Crippen molar-refractivity contribution in [3.63, 3.8) is 0 Å². The number of hydrogen-bond donors (Lipinski definition) is 0. The Hall–Kier alpha value is -3.03. The number of rotatable bonds is 6. The Morgan fingerprint density at radius 2 is 1.76 bits per heavy atom. The summed E-state index contributed by atoms with van der Waals surface area (Å²) in [5, 5.41) is 0. The van der Waals surface area contributed by atoms with Crippen LogP contribution in [0.5, 0.6) is 0 Å². The van der Waals surface area contributed by atoms with Gasteiger partial charge in [0.2, 0.25) is 5.89 Å². The van der Waals surface area contributed by atoms with Crippen LogP contribution in [0.4, 0.5) is 9.18 Å². The predicted octanol–water partition coefficient (Wildman–Crippen LogP) is 2.57. The maximum absolute atomic E-state index is 13.0. The Balaban J connectivity index is 1.74. The highest BCUT2D eigenvalue weighted by molar-refractivity contribution is 6.44. The highest BCUT2D eigenvalue weighted by Gasteiger charge is 2.44. The summed E-state index contributed by atoms with van der Waals surface area (Å²) in [6.45, 7) is 1.91. The third-order valence-corrected chi connectivity index (χ3v) is 3.85. The molecule has 0 unspecified atom stereocenters. The number of benzene rings is 1. The monoisotopic (exact) mass is 345 g/mol. The standard InChI is InChI=1S/C17H16FN3O4/c1-2-3-8-20-15(22)16(23)21(17(20)24)10-14-19-9-13(25-14)11-4-6-12(18)7-5-11/h4-7,9H,2-3,8,10H2,1H3. The molecule has 3 rings (SSSR count). The Labute approximate surface area is 143 Å². The molecule has 25 heavy (non-hydrogen) atoms. The summed E-state index contributed by atoms with van der Waals surface area (Å²) >= 11 is 0. The summed E-state index contributed by atoms with van der Waals surface area (Å²) in [6, 6.07) is 4.97. The lowest BCUT2D eigenvalue weighted by Gasteiger charge is -2.13. The minimum atomic E-state index is -0.886. The Bertz CT molecular complexity index is 816. The molecule has 130 valence electrons. The molecule has 0 radical (unpaired) electrons. The molecule has 2 heterocycles. The zero-order valence-electron chi connectivity index (χ0n) is 13.6. The van der Waals surface area contributed by atoms with Gasteiger partial charge in [-0.1, -0.05) is 13.3 Å². The van der Waals surface area contributed by atoms with Gasteiger partial charge in [0, 0.05) is 12.1 Å². The third kappa shape index (κ3) is 3.28. The van der Waals surface area contributed by atoms with Gasteiger partial charge in [-0.05, 0) is 30.7 Å². The van der Waals surface area contributed by atoms with E-state index < -0.39 is 17.8 Å². The van der Waals surface area contributed by atoms with Gasteiger partial charge in [-0.15, -0.1) is 0 Å². The van der Waals surface area contributed by atoms with Crippen molar-refractivity contribution in [2.45, 2.75) is 26.3 Å². The molecule has 2 aromatic rings. The van der Waals surface area contributed by atoms with Crippen LogP contribution in [0.25, 0.3) is 11.3 Å². The highest BCUT2D eigenvalue weighted by atomic mass is 19.1. The van der Waals surface area contributed by atoms with Gasteiger partial charge < -0.3 is 4.42 Å². The van der Waals surface area contributed by atoms with E-state index in [0.717, 1.165) is 16.2 Å². The molecule has 0 atom stereocenters. The molecule has 1 fully saturated rings. The Kier molecular flexibility index (Phi) is 4.60. The van der Waals surface area contributed by atoms with Crippen molar-refractivity contribution in [2.75, 3.05) is 6.54 Å². The molecule has 7 nitrogen and oxygen atoms in total. The van der Waals surface area contributed by atoms with Crippen molar-refractivity contribution in [1.29, 1.82) is 0 Å². The molecule has 0 saturated carbocycles. The molecule has 1 saturated heterocycles. The zero-order chi connectivity index (χ0) is 18.0. The first-order chi connectivity index (χ1) is 12.0. The Morgan fingerprint density at radius 1 is 1.08 bits per heavy atom. The van der Waals surface area contributed by atoms with Crippen LogP contribution in [0.2, 0.25) is 0 Å². The van der Waals surface area contributed by atoms with Gasteiger partial charge in [-0.25, -0.2) is 19.1 Å². The summed E-state index contributed by atoms with van der Waals surface area (Å²) in [6.07, 6.45) is 2.85. The average molecular weight is 345 g/mol. The highest BCUT2D eigenvalue weighted by Crippen LogP contribution is 2.22. The van der Waals surface area contributed by atoms with Crippen molar-refractivity contribution in [2.24, 2.45) is 0 Å². The molecule has 0 aliphatic carbocycles. The predicted molar refractivity (Wildman–Crippen MR) is 84.5 cm³/mol. The lowest BCUT2D eigenvalue weighted by Crippen LogP contribution is -2.33. The first kappa shape index (κ1) is 16.8. The number of imide groups is 2. The van der Waals surface area contributed by atoms with Crippen molar-refractivity contribution in [3.05, 3.63) is 42.2 Å². The second kappa shape index (κ2) is 6.84. The number of hydrogen-bond acceptors (Lipinski definition) is 5. The van der Waals surface area contributed by atoms with Crippen LogP contribution in [-0.4, -0.2) is 39.2 Å². The van der Waals surface area contributed by atoms with Crippen LogP contribution >= 0.6 is 0 Å². The van der Waals surface area contributed by atoms with Crippen LogP contribution in [0.1, 0.15) is 25.7 Å². The van der Waals surface area contributed by atoms with Gasteiger partial charge in [0.1, 0.15) is 12.4 Å². The summed E-state index contributed by atoms with van der Waals surface area (Å²) in [5.41, 5.74) is 0.611. The van der Waals surface area contributed by atoms with Crippen LogP contribution in [0, 0.1) is 5.82 Å². The van der Waals surface area contributed by atoms with E-state index in [4.69, 9.17) is 4.42 Å². The molecule has 1 aromatic carbocycles. The third-order valence-electron chi connectivity index (χ3n) is 3.85. The van der Waals surface area contributed by atoms with E-state index in [-0.39, 0.29) is 24.8 Å². The van der Waals surface area contributed by atoms with Crippen molar-refractivity contribution < 1.29 is 23.2 Å². The SMILES string of the molecule is CCCCN1C(=O)C(=O)N(Cc2ncc(-c3ccc(F)cc3)o2)C1=O. The summed E-state index contributed by atoms with van der Waals surface area (Å²) < 4.78 is 18.5. The number of urea groups is 1. The lowest BCUT2D eigenvalue weighted by molar-refractivity contribution is -0.143. The molecular formula is C17H16FN3O4. The summed E-state index contributed by atoms with van der Waals surface area (Å²) in [5.74, 6) is -1.59. The van der Waals surface area contributed by atoms with E-state index in [2.05, 4.69) is 4.98 Å². The van der Waals surface area contributed by atoms with E-state index in [1.807, 2.05) is 6.92 Å². The first-order valence-electron chi connectivity index (χ1n) is 7.89. The van der Waals surface area contributed by atoms with Crippen LogP contribution in [0.3, 0.4) is 0 Å². The second-order valence-corrected chi connectivity index (χ2v) is 5.61. The summed E-state index contributed by atoms with van der Waals surface area (Å²) in [4.78, 5) is 41.9. The van der Waals surface area contributed by atoms with E-state index in [1.165, 1.54) is 30.5 Å². The van der Waals surface area contributed by atoms with Crippen LogP contribution < -0.4 is 0 Å². The smallest absolute Gasteiger partial charge is 0.334 e.